The molecular weight excluding hydrogens is 290 g/mol. The van der Waals surface area contributed by atoms with Crippen molar-refractivity contribution < 1.29 is 23.4 Å². The second kappa shape index (κ2) is 6.47. The van der Waals surface area contributed by atoms with Gasteiger partial charge in [0.15, 0.2) is 0 Å². The summed E-state index contributed by atoms with van der Waals surface area (Å²) in [4.78, 5) is 11.0. The molecule has 19 heavy (non-hydrogen) atoms. The fourth-order valence-corrected chi connectivity index (χ4v) is 4.13. The Morgan fingerprint density at radius 1 is 1.42 bits per heavy atom. The van der Waals surface area contributed by atoms with Gasteiger partial charge in [-0.3, -0.25) is 4.79 Å². The average Bonchev–Trinajstić information content (AvgIpc) is 2.73. The second-order valence-corrected chi connectivity index (χ2v) is 7.55. The van der Waals surface area contributed by atoms with Crippen molar-refractivity contribution >= 4 is 27.3 Å². The minimum absolute atomic E-state index is 0.0433. The van der Waals surface area contributed by atoms with Crippen LogP contribution in [0, 0.1) is 5.92 Å². The Kier molecular flexibility index (Phi) is 5.48. The monoisotopic (exact) mass is 307 g/mol. The van der Waals surface area contributed by atoms with Crippen LogP contribution in [-0.2, 0) is 21.2 Å². The fraction of sp³-hybridized carbons (Fsp3) is 0.545. The Morgan fingerprint density at radius 2 is 2.05 bits per heavy atom. The van der Waals surface area contributed by atoms with Crippen molar-refractivity contribution in [3.63, 3.8) is 0 Å². The molecule has 0 bridgehead atoms. The molecule has 0 aromatic carbocycles. The van der Waals surface area contributed by atoms with Crippen LogP contribution in [0.3, 0.4) is 0 Å². The van der Waals surface area contributed by atoms with E-state index in [0.717, 1.165) is 11.3 Å². The Labute approximate surface area is 116 Å². The molecule has 0 aliphatic rings. The molecule has 0 saturated carbocycles. The predicted octanol–water partition coefficient (Wildman–Crippen LogP) is 0.670. The van der Waals surface area contributed by atoms with E-state index in [9.17, 15) is 13.2 Å². The van der Waals surface area contributed by atoms with Gasteiger partial charge >= 0.3 is 5.97 Å². The van der Waals surface area contributed by atoms with E-state index in [1.807, 2.05) is 0 Å². The zero-order chi connectivity index (χ0) is 14.6. The molecule has 1 rings (SSSR count). The zero-order valence-corrected chi connectivity index (χ0v) is 12.3. The lowest BCUT2D eigenvalue weighted by Crippen LogP contribution is -2.40. The van der Waals surface area contributed by atoms with Crippen molar-refractivity contribution in [3.05, 3.63) is 17.0 Å². The van der Waals surface area contributed by atoms with E-state index in [1.165, 1.54) is 12.1 Å². The third-order valence-corrected chi connectivity index (χ3v) is 5.60. The van der Waals surface area contributed by atoms with Gasteiger partial charge in [-0.15, -0.1) is 11.3 Å². The minimum Gasteiger partial charge on any atom is -0.481 e. The molecule has 8 heteroatoms. The van der Waals surface area contributed by atoms with Crippen LogP contribution in [0.25, 0.3) is 0 Å². The van der Waals surface area contributed by atoms with E-state index in [1.54, 1.807) is 13.8 Å². The van der Waals surface area contributed by atoms with Gasteiger partial charge in [-0.25, -0.2) is 13.1 Å². The molecule has 3 N–H and O–H groups in total. The number of aliphatic carboxylic acids is 1. The highest BCUT2D eigenvalue weighted by Gasteiger charge is 2.23. The number of sulfonamides is 1. The van der Waals surface area contributed by atoms with Gasteiger partial charge in [0.2, 0.25) is 10.0 Å². The number of thiophene rings is 1. The Balaban J connectivity index is 2.88. The molecule has 0 saturated heterocycles. The highest BCUT2D eigenvalue weighted by Crippen LogP contribution is 2.22. The van der Waals surface area contributed by atoms with Gasteiger partial charge in [-0.1, -0.05) is 13.8 Å². The highest BCUT2D eigenvalue weighted by atomic mass is 32.2. The lowest BCUT2D eigenvalue weighted by Gasteiger charge is -2.19. The number of hydrogen-bond acceptors (Lipinski definition) is 5. The number of carboxylic acid groups (broad SMARTS) is 1. The van der Waals surface area contributed by atoms with Gasteiger partial charge in [-0.2, -0.15) is 0 Å². The Bertz CT molecular complexity index is 535. The first kappa shape index (κ1) is 16.1. The van der Waals surface area contributed by atoms with Gasteiger partial charge in [0.05, 0.1) is 13.0 Å². The summed E-state index contributed by atoms with van der Waals surface area (Å²) in [5.74, 6) is -1.05. The summed E-state index contributed by atoms with van der Waals surface area (Å²) in [6, 6.07) is 2.30. The van der Waals surface area contributed by atoms with Crippen molar-refractivity contribution in [1.29, 1.82) is 0 Å². The second-order valence-electron chi connectivity index (χ2n) is 4.45. The summed E-state index contributed by atoms with van der Waals surface area (Å²) in [7, 11) is -3.72. The molecule has 0 fully saturated rings. The lowest BCUT2D eigenvalue weighted by molar-refractivity contribution is -0.136. The molecule has 0 spiro atoms. The summed E-state index contributed by atoms with van der Waals surface area (Å²) < 4.78 is 26.6. The first-order chi connectivity index (χ1) is 8.76. The van der Waals surface area contributed by atoms with E-state index < -0.39 is 22.0 Å². The number of aliphatic hydroxyl groups excluding tert-OH is 1. The summed E-state index contributed by atoms with van der Waals surface area (Å²) in [6.45, 7) is 3.31. The summed E-state index contributed by atoms with van der Waals surface area (Å²) in [5.41, 5.74) is 0. The molecule has 1 atom stereocenters. The van der Waals surface area contributed by atoms with Gasteiger partial charge < -0.3 is 10.2 Å². The number of aliphatic hydroxyl groups is 1. The maximum atomic E-state index is 12.0. The van der Waals surface area contributed by atoms with Crippen LogP contribution >= 0.6 is 11.3 Å². The van der Waals surface area contributed by atoms with Crippen LogP contribution in [-0.4, -0.2) is 37.2 Å². The third kappa shape index (κ3) is 4.57. The Morgan fingerprint density at radius 3 is 2.53 bits per heavy atom. The quantitative estimate of drug-likeness (QED) is 0.687. The number of rotatable bonds is 7. The number of hydrogen-bond donors (Lipinski definition) is 3. The van der Waals surface area contributed by atoms with Crippen LogP contribution in [0.1, 0.15) is 18.7 Å². The number of carbonyl (C=O) groups is 1. The van der Waals surface area contributed by atoms with Crippen molar-refractivity contribution in [2.75, 3.05) is 6.61 Å². The van der Waals surface area contributed by atoms with Crippen molar-refractivity contribution in [1.82, 2.24) is 4.72 Å². The van der Waals surface area contributed by atoms with Gasteiger partial charge in [0.25, 0.3) is 0 Å². The molecular formula is C11H17NO5S2. The maximum absolute atomic E-state index is 12.0. The highest BCUT2D eigenvalue weighted by molar-refractivity contribution is 7.91. The normalized spacial score (nSPS) is 13.7. The van der Waals surface area contributed by atoms with E-state index in [2.05, 4.69) is 4.72 Å². The van der Waals surface area contributed by atoms with Crippen LogP contribution in [0.2, 0.25) is 0 Å². The average molecular weight is 307 g/mol. The van der Waals surface area contributed by atoms with Crippen LogP contribution in [0.5, 0.6) is 0 Å². The van der Waals surface area contributed by atoms with E-state index >= 15 is 0 Å². The number of carboxylic acids is 1. The molecule has 1 heterocycles. The maximum Gasteiger partial charge on any atom is 0.308 e. The largest absolute Gasteiger partial charge is 0.481 e. The van der Waals surface area contributed by atoms with Crippen molar-refractivity contribution in [2.24, 2.45) is 5.92 Å². The van der Waals surface area contributed by atoms with Crippen LogP contribution < -0.4 is 4.72 Å². The molecule has 0 aliphatic carbocycles. The first-order valence-electron chi connectivity index (χ1n) is 5.70. The standard InChI is InChI=1S/C11H17NO5S2/c1-7(2)9(6-13)12-19(16,17)11-4-3-8(18-11)5-10(14)15/h3-4,7,9,12-13H,5-6H2,1-2H3,(H,14,15)/t9-/m1/s1. The predicted molar refractivity (Wildman–Crippen MR) is 71.7 cm³/mol. The lowest BCUT2D eigenvalue weighted by atomic mass is 10.1. The number of nitrogens with one attached hydrogen (secondary N) is 1. The molecule has 1 aromatic heterocycles. The zero-order valence-electron chi connectivity index (χ0n) is 10.7. The third-order valence-electron chi connectivity index (χ3n) is 2.54. The van der Waals surface area contributed by atoms with Crippen molar-refractivity contribution in [2.45, 2.75) is 30.5 Å². The van der Waals surface area contributed by atoms with E-state index in [-0.39, 0.29) is 23.2 Å². The van der Waals surface area contributed by atoms with Gasteiger partial charge in [0, 0.05) is 10.9 Å². The minimum atomic E-state index is -3.72. The molecule has 108 valence electrons. The molecule has 0 aliphatic heterocycles. The first-order valence-corrected chi connectivity index (χ1v) is 8.00. The summed E-state index contributed by atoms with van der Waals surface area (Å²) >= 11 is 0.919. The smallest absolute Gasteiger partial charge is 0.308 e. The Hall–Kier alpha value is -0.960. The fourth-order valence-electron chi connectivity index (χ4n) is 1.39. The van der Waals surface area contributed by atoms with Crippen LogP contribution in [0.4, 0.5) is 0 Å². The van der Waals surface area contributed by atoms with Gasteiger partial charge in [0.1, 0.15) is 4.21 Å². The topological polar surface area (TPSA) is 104 Å². The SMILES string of the molecule is CC(C)[C@@H](CO)NS(=O)(=O)c1ccc(CC(=O)O)s1. The molecule has 0 radical (unpaired) electrons. The summed E-state index contributed by atoms with van der Waals surface area (Å²) in [5, 5.41) is 17.8. The van der Waals surface area contributed by atoms with Gasteiger partial charge in [-0.05, 0) is 18.1 Å². The molecule has 6 nitrogen and oxygen atoms in total. The molecule has 0 unspecified atom stereocenters. The van der Waals surface area contributed by atoms with Crippen LogP contribution in [0.15, 0.2) is 16.3 Å². The molecule has 0 amide bonds. The van der Waals surface area contributed by atoms with Crippen molar-refractivity contribution in [3.8, 4) is 0 Å². The summed E-state index contributed by atoms with van der Waals surface area (Å²) in [6.07, 6.45) is -0.201. The van der Waals surface area contributed by atoms with E-state index in [0.29, 0.717) is 4.88 Å². The van der Waals surface area contributed by atoms with E-state index in [4.69, 9.17) is 10.2 Å². The molecule has 1 aromatic rings.